The third-order valence-electron chi connectivity index (χ3n) is 6.36. The number of carbonyl (C=O) groups is 3. The van der Waals surface area contributed by atoms with Crippen LogP contribution in [0.2, 0.25) is 0 Å². The lowest BCUT2D eigenvalue weighted by Crippen LogP contribution is -2.45. The quantitative estimate of drug-likeness (QED) is 0.320. The Bertz CT molecular complexity index is 1280. The molecule has 0 spiro atoms. The van der Waals surface area contributed by atoms with Gasteiger partial charge in [-0.3, -0.25) is 14.8 Å². The molecule has 1 aliphatic rings. The van der Waals surface area contributed by atoms with E-state index in [4.69, 9.17) is 9.94 Å². The zero-order valence-electron chi connectivity index (χ0n) is 20.9. The van der Waals surface area contributed by atoms with E-state index >= 15 is 0 Å². The highest BCUT2D eigenvalue weighted by molar-refractivity contribution is 5.95. The molecule has 1 aliphatic heterocycles. The van der Waals surface area contributed by atoms with Crippen molar-refractivity contribution < 1.29 is 24.3 Å². The summed E-state index contributed by atoms with van der Waals surface area (Å²) in [5, 5.41) is 13.2. The lowest BCUT2D eigenvalue weighted by Gasteiger charge is -2.24. The zero-order valence-corrected chi connectivity index (χ0v) is 20.9. The minimum absolute atomic E-state index is 0.0230. The Hall–Kier alpha value is -3.85. The number of fused-ring (bicyclic) bond motifs is 1. The molecule has 190 valence electrons. The maximum absolute atomic E-state index is 13.0. The molecule has 2 atom stereocenters. The van der Waals surface area contributed by atoms with Crippen molar-refractivity contribution >= 4 is 28.8 Å². The van der Waals surface area contributed by atoms with Gasteiger partial charge in [0.25, 0.3) is 5.91 Å². The molecule has 1 aromatic heterocycles. The van der Waals surface area contributed by atoms with Gasteiger partial charge in [-0.2, -0.15) is 0 Å². The molecule has 0 bridgehead atoms. The highest BCUT2D eigenvalue weighted by Gasteiger charge is 2.41. The van der Waals surface area contributed by atoms with E-state index in [2.05, 4.69) is 29.4 Å². The molecule has 4 rings (SSSR count). The number of rotatable bonds is 5. The molecule has 2 heterocycles. The molecule has 3 aromatic rings. The van der Waals surface area contributed by atoms with Gasteiger partial charge < -0.3 is 19.9 Å². The molecule has 0 unspecified atom stereocenters. The van der Waals surface area contributed by atoms with E-state index in [1.807, 2.05) is 24.3 Å². The first-order valence-electron chi connectivity index (χ1n) is 11.9. The Morgan fingerprint density at radius 3 is 2.44 bits per heavy atom. The van der Waals surface area contributed by atoms with Crippen LogP contribution in [-0.4, -0.2) is 57.7 Å². The van der Waals surface area contributed by atoms with Crippen LogP contribution in [0.25, 0.3) is 10.9 Å². The van der Waals surface area contributed by atoms with Crippen molar-refractivity contribution in [3.05, 3.63) is 70.9 Å². The van der Waals surface area contributed by atoms with Gasteiger partial charge in [-0.25, -0.2) is 10.3 Å². The summed E-state index contributed by atoms with van der Waals surface area (Å²) in [6, 6.07) is 14.8. The van der Waals surface area contributed by atoms with E-state index < -0.39 is 29.6 Å². The van der Waals surface area contributed by atoms with Gasteiger partial charge in [-0.05, 0) is 63.4 Å². The van der Waals surface area contributed by atoms with Crippen LogP contribution in [0.3, 0.4) is 0 Å². The Morgan fingerprint density at radius 2 is 1.78 bits per heavy atom. The third-order valence-corrected chi connectivity index (χ3v) is 6.36. The summed E-state index contributed by atoms with van der Waals surface area (Å²) in [5.41, 5.74) is 5.87. The Morgan fingerprint density at radius 1 is 1.08 bits per heavy atom. The first-order chi connectivity index (χ1) is 17.1. The number of hydroxylamine groups is 1. The van der Waals surface area contributed by atoms with Gasteiger partial charge in [0, 0.05) is 35.2 Å². The van der Waals surface area contributed by atoms with E-state index in [0.29, 0.717) is 5.56 Å². The second kappa shape index (κ2) is 10.0. The average molecular weight is 493 g/mol. The van der Waals surface area contributed by atoms with Crippen LogP contribution in [0.5, 0.6) is 0 Å². The summed E-state index contributed by atoms with van der Waals surface area (Å²) < 4.78 is 5.39. The monoisotopic (exact) mass is 492 g/mol. The number of ether oxygens (including phenoxy) is 1. The predicted octanol–water partition coefficient (Wildman–Crippen LogP) is 3.54. The fourth-order valence-electron chi connectivity index (χ4n) is 4.57. The molecule has 9 heteroatoms. The first-order valence-corrected chi connectivity index (χ1v) is 11.9. The van der Waals surface area contributed by atoms with Gasteiger partial charge in [-0.1, -0.05) is 30.3 Å². The maximum Gasteiger partial charge on any atom is 0.410 e. The van der Waals surface area contributed by atoms with Crippen molar-refractivity contribution in [1.82, 2.24) is 20.7 Å². The van der Waals surface area contributed by atoms with Crippen LogP contribution in [0, 0.1) is 12.8 Å². The van der Waals surface area contributed by atoms with E-state index in [-0.39, 0.29) is 19.0 Å². The normalized spacial score (nSPS) is 17.8. The van der Waals surface area contributed by atoms with Crippen LogP contribution in [-0.2, 0) is 16.0 Å². The fraction of sp³-hybridized carbons (Fsp3) is 0.370. The SMILES string of the molecule is Cc1[nH]c2ccccc2c1Cc1ccc(C(=O)N[C@@H]2CN(C(=O)OC(C)(C)C)C[C@@H]2C(=O)NO)cc1. The highest BCUT2D eigenvalue weighted by atomic mass is 16.6. The van der Waals surface area contributed by atoms with E-state index in [0.717, 1.165) is 23.2 Å². The molecule has 0 saturated carbocycles. The van der Waals surface area contributed by atoms with Crippen molar-refractivity contribution in [2.45, 2.75) is 45.8 Å². The van der Waals surface area contributed by atoms with Gasteiger partial charge in [0.2, 0.25) is 5.91 Å². The Balaban J connectivity index is 1.44. The molecular weight excluding hydrogens is 460 g/mol. The molecule has 36 heavy (non-hydrogen) atoms. The summed E-state index contributed by atoms with van der Waals surface area (Å²) in [4.78, 5) is 42.5. The van der Waals surface area contributed by atoms with Crippen LogP contribution in [0.4, 0.5) is 4.79 Å². The minimum atomic E-state index is -0.810. The number of carbonyl (C=O) groups excluding carboxylic acids is 3. The van der Waals surface area contributed by atoms with Gasteiger partial charge in [-0.15, -0.1) is 0 Å². The van der Waals surface area contributed by atoms with E-state index in [1.165, 1.54) is 15.8 Å². The number of amides is 3. The second-order valence-corrected chi connectivity index (χ2v) is 10.2. The van der Waals surface area contributed by atoms with E-state index in [9.17, 15) is 14.4 Å². The maximum atomic E-state index is 13.0. The van der Waals surface area contributed by atoms with E-state index in [1.54, 1.807) is 38.4 Å². The molecular formula is C27H32N4O5. The molecule has 9 nitrogen and oxygen atoms in total. The van der Waals surface area contributed by atoms with Crippen molar-refractivity contribution in [3.63, 3.8) is 0 Å². The predicted molar refractivity (Wildman–Crippen MR) is 135 cm³/mol. The largest absolute Gasteiger partial charge is 0.444 e. The number of aromatic nitrogens is 1. The number of benzene rings is 2. The number of para-hydroxylation sites is 1. The van der Waals surface area contributed by atoms with Crippen LogP contribution < -0.4 is 10.8 Å². The average Bonchev–Trinajstić information content (AvgIpc) is 3.39. The molecule has 1 saturated heterocycles. The topological polar surface area (TPSA) is 124 Å². The number of nitrogens with zero attached hydrogens (tertiary/aromatic N) is 1. The van der Waals surface area contributed by atoms with Crippen LogP contribution in [0.1, 0.15) is 48.0 Å². The summed E-state index contributed by atoms with van der Waals surface area (Å²) in [5.74, 6) is -1.84. The lowest BCUT2D eigenvalue weighted by molar-refractivity contribution is -0.133. The summed E-state index contributed by atoms with van der Waals surface area (Å²) >= 11 is 0. The number of likely N-dealkylation sites (tertiary alicyclic amines) is 1. The standard InChI is InChI=1S/C27H32N4O5/c1-16-20(19-7-5-6-8-22(19)28-16)13-17-9-11-18(12-10-17)24(32)29-23-15-31(14-21(23)25(33)30-35)26(34)36-27(2,3)4/h5-12,21,23,28,35H,13-15H2,1-4H3,(H,29,32)(H,30,33)/t21-,23+/m0/s1. The van der Waals surface area contributed by atoms with Gasteiger partial charge in [0.15, 0.2) is 0 Å². The number of hydrogen-bond acceptors (Lipinski definition) is 5. The van der Waals surface area contributed by atoms with Crippen LogP contribution in [0.15, 0.2) is 48.5 Å². The molecule has 2 aromatic carbocycles. The molecule has 3 amide bonds. The Kier molecular flexibility index (Phi) is 7.03. The lowest BCUT2D eigenvalue weighted by atomic mass is 10.00. The minimum Gasteiger partial charge on any atom is -0.444 e. The van der Waals surface area contributed by atoms with Crippen molar-refractivity contribution in [1.29, 1.82) is 0 Å². The Labute approximate surface area is 209 Å². The summed E-state index contributed by atoms with van der Waals surface area (Å²) in [6.45, 7) is 7.43. The molecule has 1 fully saturated rings. The zero-order chi connectivity index (χ0) is 26.0. The number of aryl methyl sites for hydroxylation is 1. The summed E-state index contributed by atoms with van der Waals surface area (Å²) in [7, 11) is 0. The van der Waals surface area contributed by atoms with Crippen molar-refractivity contribution in [2.24, 2.45) is 5.92 Å². The number of H-pyrrole nitrogens is 1. The van der Waals surface area contributed by atoms with Gasteiger partial charge >= 0.3 is 6.09 Å². The van der Waals surface area contributed by atoms with Crippen LogP contribution >= 0.6 is 0 Å². The molecule has 0 aliphatic carbocycles. The summed E-state index contributed by atoms with van der Waals surface area (Å²) in [6.07, 6.45) is 0.149. The van der Waals surface area contributed by atoms with Gasteiger partial charge in [0.05, 0.1) is 12.0 Å². The number of aromatic amines is 1. The fourth-order valence-corrected chi connectivity index (χ4v) is 4.57. The van der Waals surface area contributed by atoms with Crippen molar-refractivity contribution in [2.75, 3.05) is 13.1 Å². The third kappa shape index (κ3) is 5.52. The number of hydrogen-bond donors (Lipinski definition) is 4. The smallest absolute Gasteiger partial charge is 0.410 e. The van der Waals surface area contributed by atoms with Gasteiger partial charge in [0.1, 0.15) is 5.60 Å². The number of nitrogens with one attached hydrogen (secondary N) is 3. The second-order valence-electron chi connectivity index (χ2n) is 10.2. The molecule has 0 radical (unpaired) electrons. The van der Waals surface area contributed by atoms with Crippen molar-refractivity contribution in [3.8, 4) is 0 Å². The highest BCUT2D eigenvalue weighted by Crippen LogP contribution is 2.25. The first kappa shape index (κ1) is 25.2. The molecule has 4 N–H and O–H groups in total.